The number of hydrogen-bond acceptors (Lipinski definition) is 3. The highest BCUT2D eigenvalue weighted by Crippen LogP contribution is 2.25. The van der Waals surface area contributed by atoms with Crippen molar-refractivity contribution in [3.8, 4) is 5.75 Å². The van der Waals surface area contributed by atoms with Gasteiger partial charge < -0.3 is 5.11 Å². The fourth-order valence-electron chi connectivity index (χ4n) is 1.92. The molecule has 0 aliphatic heterocycles. The number of halogens is 1. The third-order valence-electron chi connectivity index (χ3n) is 3.23. The van der Waals surface area contributed by atoms with Gasteiger partial charge in [0.1, 0.15) is 5.75 Å². The molecule has 0 aliphatic rings. The molecule has 4 nitrogen and oxygen atoms in total. The first-order chi connectivity index (χ1) is 10.1. The minimum absolute atomic E-state index is 0.0491. The summed E-state index contributed by atoms with van der Waals surface area (Å²) in [5, 5.41) is 9.14. The monoisotopic (exact) mass is 323 g/mol. The molecule has 0 atom stereocenters. The Labute approximate surface area is 129 Å². The van der Waals surface area contributed by atoms with Crippen LogP contribution < -0.4 is 4.72 Å². The van der Waals surface area contributed by atoms with Crippen molar-refractivity contribution in [3.63, 3.8) is 0 Å². The number of phenolic OH excluding ortho intramolecular Hbond substituents is 1. The molecular formula is C16H18FNO3S. The molecule has 0 spiro atoms. The Bertz CT molecular complexity index is 778. The van der Waals surface area contributed by atoms with E-state index in [9.17, 15) is 12.8 Å². The number of hydrogen-bond donors (Lipinski definition) is 2. The number of rotatable bonds is 3. The molecule has 0 unspecified atom stereocenters. The average molecular weight is 323 g/mol. The Morgan fingerprint density at radius 2 is 1.64 bits per heavy atom. The van der Waals surface area contributed by atoms with Crippen molar-refractivity contribution in [2.75, 3.05) is 4.72 Å². The van der Waals surface area contributed by atoms with E-state index < -0.39 is 15.8 Å². The highest BCUT2D eigenvalue weighted by Gasteiger charge is 2.19. The number of benzene rings is 2. The van der Waals surface area contributed by atoms with Crippen molar-refractivity contribution in [2.24, 2.45) is 0 Å². The zero-order chi connectivity index (χ0) is 16.5. The lowest BCUT2D eigenvalue weighted by Gasteiger charge is -2.19. The van der Waals surface area contributed by atoms with Gasteiger partial charge in [-0.15, -0.1) is 0 Å². The topological polar surface area (TPSA) is 66.4 Å². The predicted octanol–water partition coefficient (Wildman–Crippen LogP) is 3.63. The summed E-state index contributed by atoms with van der Waals surface area (Å²) in [4.78, 5) is 0.0491. The van der Waals surface area contributed by atoms with Gasteiger partial charge >= 0.3 is 0 Å². The largest absolute Gasteiger partial charge is 0.508 e. The summed E-state index contributed by atoms with van der Waals surface area (Å²) < 4.78 is 40.3. The van der Waals surface area contributed by atoms with E-state index in [1.54, 1.807) is 12.1 Å². The Morgan fingerprint density at radius 1 is 1.05 bits per heavy atom. The van der Waals surface area contributed by atoms with Crippen LogP contribution in [0.1, 0.15) is 26.3 Å². The standard InChI is InChI=1S/C16H18FNO3S/c1-16(2,3)11-4-7-13(8-5-11)22(20,21)18-15-9-6-12(19)10-14(15)17/h4-10,18-19H,1-3H3. The predicted molar refractivity (Wildman–Crippen MR) is 84.0 cm³/mol. The second-order valence-corrected chi connectivity index (χ2v) is 7.73. The van der Waals surface area contributed by atoms with Crippen LogP contribution in [0.5, 0.6) is 5.75 Å². The Morgan fingerprint density at radius 3 is 2.14 bits per heavy atom. The fourth-order valence-corrected chi connectivity index (χ4v) is 2.99. The van der Waals surface area contributed by atoms with Gasteiger partial charge in [0.15, 0.2) is 5.82 Å². The van der Waals surface area contributed by atoms with Crippen molar-refractivity contribution in [1.82, 2.24) is 0 Å². The molecule has 2 aromatic carbocycles. The van der Waals surface area contributed by atoms with E-state index in [0.717, 1.165) is 11.6 Å². The molecule has 6 heteroatoms. The Hall–Kier alpha value is -2.08. The van der Waals surface area contributed by atoms with Gasteiger partial charge in [-0.05, 0) is 35.2 Å². The lowest BCUT2D eigenvalue weighted by atomic mass is 9.87. The molecule has 2 N–H and O–H groups in total. The van der Waals surface area contributed by atoms with Crippen LogP contribution >= 0.6 is 0 Å². The summed E-state index contributed by atoms with van der Waals surface area (Å²) in [5.41, 5.74) is 0.707. The van der Waals surface area contributed by atoms with Crippen LogP contribution in [0.2, 0.25) is 0 Å². The molecule has 22 heavy (non-hydrogen) atoms. The van der Waals surface area contributed by atoms with Gasteiger partial charge in [-0.1, -0.05) is 32.9 Å². The van der Waals surface area contributed by atoms with Crippen LogP contribution in [0.4, 0.5) is 10.1 Å². The SMILES string of the molecule is CC(C)(C)c1ccc(S(=O)(=O)Nc2ccc(O)cc2F)cc1. The molecule has 0 heterocycles. The van der Waals surface area contributed by atoms with Gasteiger partial charge in [0, 0.05) is 6.07 Å². The summed E-state index contributed by atoms with van der Waals surface area (Å²) in [5.74, 6) is -1.11. The quantitative estimate of drug-likeness (QED) is 0.848. The van der Waals surface area contributed by atoms with E-state index in [4.69, 9.17) is 5.11 Å². The van der Waals surface area contributed by atoms with E-state index in [1.807, 2.05) is 20.8 Å². The van der Waals surface area contributed by atoms with Gasteiger partial charge in [-0.25, -0.2) is 12.8 Å². The van der Waals surface area contributed by atoms with E-state index >= 15 is 0 Å². The molecule has 2 rings (SSSR count). The molecule has 0 radical (unpaired) electrons. The third-order valence-corrected chi connectivity index (χ3v) is 4.61. The normalized spacial score (nSPS) is 12.2. The van der Waals surface area contributed by atoms with Gasteiger partial charge in [-0.3, -0.25) is 4.72 Å². The molecule has 0 saturated heterocycles. The molecule has 0 bridgehead atoms. The van der Waals surface area contributed by atoms with Crippen molar-refractivity contribution < 1.29 is 17.9 Å². The third kappa shape index (κ3) is 3.57. The van der Waals surface area contributed by atoms with E-state index in [0.29, 0.717) is 0 Å². The second-order valence-electron chi connectivity index (χ2n) is 6.04. The first kappa shape index (κ1) is 16.3. The number of nitrogens with one attached hydrogen (secondary N) is 1. The van der Waals surface area contributed by atoms with Gasteiger partial charge in [0.2, 0.25) is 0 Å². The first-order valence-electron chi connectivity index (χ1n) is 6.71. The fraction of sp³-hybridized carbons (Fsp3) is 0.250. The Balaban J connectivity index is 2.31. The summed E-state index contributed by atoms with van der Waals surface area (Å²) in [6, 6.07) is 9.68. The number of aromatic hydroxyl groups is 1. The maximum absolute atomic E-state index is 13.6. The molecule has 2 aromatic rings. The molecule has 0 amide bonds. The summed E-state index contributed by atoms with van der Waals surface area (Å²) >= 11 is 0. The molecule has 0 fully saturated rings. The smallest absolute Gasteiger partial charge is 0.261 e. The molecule has 0 saturated carbocycles. The zero-order valence-electron chi connectivity index (χ0n) is 12.6. The van der Waals surface area contributed by atoms with E-state index in [-0.39, 0.29) is 21.7 Å². The number of anilines is 1. The highest BCUT2D eigenvalue weighted by atomic mass is 32.2. The lowest BCUT2D eigenvalue weighted by molar-refractivity contribution is 0.469. The molecule has 0 aromatic heterocycles. The van der Waals surface area contributed by atoms with E-state index in [1.165, 1.54) is 24.3 Å². The summed E-state index contributed by atoms with van der Waals surface area (Å²) in [6.45, 7) is 6.09. The van der Waals surface area contributed by atoms with Gasteiger partial charge in [0.05, 0.1) is 10.6 Å². The minimum Gasteiger partial charge on any atom is -0.508 e. The van der Waals surface area contributed by atoms with Crippen LogP contribution in [-0.4, -0.2) is 13.5 Å². The van der Waals surface area contributed by atoms with Crippen LogP contribution in [0.15, 0.2) is 47.4 Å². The van der Waals surface area contributed by atoms with Crippen LogP contribution in [0, 0.1) is 5.82 Å². The van der Waals surface area contributed by atoms with Crippen molar-refractivity contribution in [3.05, 3.63) is 53.8 Å². The number of sulfonamides is 1. The average Bonchev–Trinajstić information content (AvgIpc) is 2.41. The van der Waals surface area contributed by atoms with Crippen LogP contribution in [0.3, 0.4) is 0 Å². The van der Waals surface area contributed by atoms with Crippen molar-refractivity contribution in [1.29, 1.82) is 0 Å². The lowest BCUT2D eigenvalue weighted by Crippen LogP contribution is -2.15. The van der Waals surface area contributed by atoms with E-state index in [2.05, 4.69) is 4.72 Å². The van der Waals surface area contributed by atoms with Crippen LogP contribution in [-0.2, 0) is 15.4 Å². The van der Waals surface area contributed by atoms with Gasteiger partial charge in [-0.2, -0.15) is 0 Å². The summed E-state index contributed by atoms with van der Waals surface area (Å²) in [7, 11) is -3.88. The van der Waals surface area contributed by atoms with Crippen molar-refractivity contribution >= 4 is 15.7 Å². The maximum Gasteiger partial charge on any atom is 0.261 e. The molecular weight excluding hydrogens is 305 g/mol. The second kappa shape index (κ2) is 5.61. The molecule has 118 valence electrons. The van der Waals surface area contributed by atoms with Crippen molar-refractivity contribution in [2.45, 2.75) is 31.1 Å². The first-order valence-corrected chi connectivity index (χ1v) is 8.20. The van der Waals surface area contributed by atoms with Crippen LogP contribution in [0.25, 0.3) is 0 Å². The summed E-state index contributed by atoms with van der Waals surface area (Å²) in [6.07, 6.45) is 0. The minimum atomic E-state index is -3.88. The maximum atomic E-state index is 13.6. The molecule has 0 aliphatic carbocycles. The highest BCUT2D eigenvalue weighted by molar-refractivity contribution is 7.92. The van der Waals surface area contributed by atoms with Gasteiger partial charge in [0.25, 0.3) is 10.0 Å². The zero-order valence-corrected chi connectivity index (χ0v) is 13.4. The number of phenols is 1. The Kier molecular flexibility index (Phi) is 4.15.